The van der Waals surface area contributed by atoms with E-state index in [2.05, 4.69) is 0 Å². The quantitative estimate of drug-likeness (QED) is 0.691. The SMILES string of the molecule is O=c1n(S(=O)(=O)c2ccccc2)ccn1S(=O)(=O)c1ccccc1. The largest absolute Gasteiger partial charge is 0.356 e. The zero-order chi connectivity index (χ0) is 17.4. The van der Waals surface area contributed by atoms with Gasteiger partial charge in [-0.25, -0.2) is 21.6 Å². The Morgan fingerprint density at radius 2 is 0.917 bits per heavy atom. The van der Waals surface area contributed by atoms with Crippen molar-refractivity contribution in [2.24, 2.45) is 0 Å². The average molecular weight is 364 g/mol. The topological polar surface area (TPSA) is 95.2 Å². The fourth-order valence-electron chi connectivity index (χ4n) is 2.12. The first-order valence-corrected chi connectivity index (χ1v) is 9.64. The molecule has 0 radical (unpaired) electrons. The highest BCUT2D eigenvalue weighted by Crippen LogP contribution is 2.14. The van der Waals surface area contributed by atoms with Crippen LogP contribution in [0.1, 0.15) is 0 Å². The molecule has 9 heteroatoms. The van der Waals surface area contributed by atoms with Crippen LogP contribution in [0.15, 0.2) is 87.6 Å². The predicted molar refractivity (Wildman–Crippen MR) is 86.7 cm³/mol. The lowest BCUT2D eigenvalue weighted by Crippen LogP contribution is -2.32. The van der Waals surface area contributed by atoms with E-state index >= 15 is 0 Å². The summed E-state index contributed by atoms with van der Waals surface area (Å²) in [5, 5.41) is 0. The fourth-order valence-corrected chi connectivity index (χ4v) is 4.65. The normalized spacial score (nSPS) is 12.2. The van der Waals surface area contributed by atoms with Crippen LogP contribution in [0.5, 0.6) is 0 Å². The molecule has 0 unspecified atom stereocenters. The third-order valence-electron chi connectivity index (χ3n) is 3.31. The van der Waals surface area contributed by atoms with Gasteiger partial charge in [0.25, 0.3) is 20.0 Å². The van der Waals surface area contributed by atoms with Crippen LogP contribution >= 0.6 is 0 Å². The van der Waals surface area contributed by atoms with Gasteiger partial charge in [0.2, 0.25) is 0 Å². The molecule has 0 saturated heterocycles. The Morgan fingerprint density at radius 3 is 1.25 bits per heavy atom. The zero-order valence-electron chi connectivity index (χ0n) is 12.2. The van der Waals surface area contributed by atoms with Crippen LogP contribution in [0.3, 0.4) is 0 Å². The molecule has 2 aromatic carbocycles. The molecule has 0 atom stereocenters. The second-order valence-electron chi connectivity index (χ2n) is 4.81. The summed E-state index contributed by atoms with van der Waals surface area (Å²) in [4.78, 5) is 12.2. The van der Waals surface area contributed by atoms with E-state index < -0.39 is 25.7 Å². The van der Waals surface area contributed by atoms with Crippen molar-refractivity contribution in [3.8, 4) is 0 Å². The Hall–Kier alpha value is -2.65. The molecule has 7 nitrogen and oxygen atoms in total. The van der Waals surface area contributed by atoms with E-state index in [4.69, 9.17) is 0 Å². The molecule has 0 N–H and O–H groups in total. The van der Waals surface area contributed by atoms with Crippen LogP contribution in [0.4, 0.5) is 0 Å². The summed E-state index contributed by atoms with van der Waals surface area (Å²) >= 11 is 0. The molecule has 3 aromatic rings. The maximum Gasteiger partial charge on any atom is 0.356 e. The van der Waals surface area contributed by atoms with Gasteiger partial charge in [0.05, 0.1) is 9.79 Å². The van der Waals surface area contributed by atoms with E-state index in [-0.39, 0.29) is 9.79 Å². The molecule has 0 amide bonds. The number of imidazole rings is 1. The van der Waals surface area contributed by atoms with Crippen molar-refractivity contribution in [3.05, 3.63) is 83.5 Å². The van der Waals surface area contributed by atoms with E-state index in [1.54, 1.807) is 12.1 Å². The lowest BCUT2D eigenvalue weighted by Gasteiger charge is -2.05. The lowest BCUT2D eigenvalue weighted by molar-refractivity contribution is 0.581. The minimum absolute atomic E-state index is 0.109. The molecular formula is C15H12N2O5S2. The minimum Gasteiger partial charge on any atom is -0.245 e. The summed E-state index contributed by atoms with van der Waals surface area (Å²) in [5.74, 6) is 0. The Balaban J connectivity index is 2.16. The summed E-state index contributed by atoms with van der Waals surface area (Å²) in [5.41, 5.74) is -1.18. The molecular weight excluding hydrogens is 352 g/mol. The molecule has 1 aromatic heterocycles. The highest BCUT2D eigenvalue weighted by atomic mass is 32.2. The van der Waals surface area contributed by atoms with Gasteiger partial charge in [-0.1, -0.05) is 36.4 Å². The number of nitrogens with zero attached hydrogens (tertiary/aromatic N) is 2. The molecule has 0 spiro atoms. The van der Waals surface area contributed by atoms with Crippen LogP contribution in [-0.2, 0) is 20.0 Å². The molecule has 0 fully saturated rings. The first-order valence-electron chi connectivity index (χ1n) is 6.76. The fraction of sp³-hybridized carbons (Fsp3) is 0. The van der Waals surface area contributed by atoms with Gasteiger partial charge >= 0.3 is 5.69 Å². The van der Waals surface area contributed by atoms with E-state index in [1.807, 2.05) is 0 Å². The van der Waals surface area contributed by atoms with Gasteiger partial charge in [-0.2, -0.15) is 7.94 Å². The third kappa shape index (κ3) is 2.57. The molecule has 0 saturated carbocycles. The number of rotatable bonds is 4. The maximum absolute atomic E-state index is 12.5. The number of benzene rings is 2. The molecule has 124 valence electrons. The lowest BCUT2D eigenvalue weighted by atomic mass is 10.4. The first-order chi connectivity index (χ1) is 11.3. The summed E-state index contributed by atoms with van der Waals surface area (Å²) in [6.45, 7) is 0. The number of hydrogen-bond acceptors (Lipinski definition) is 5. The van der Waals surface area contributed by atoms with Gasteiger partial charge in [0.15, 0.2) is 0 Å². The highest BCUT2D eigenvalue weighted by molar-refractivity contribution is 7.90. The van der Waals surface area contributed by atoms with E-state index in [0.29, 0.717) is 7.94 Å². The van der Waals surface area contributed by atoms with Crippen molar-refractivity contribution in [2.75, 3.05) is 0 Å². The van der Waals surface area contributed by atoms with Crippen LogP contribution in [0, 0.1) is 0 Å². The summed E-state index contributed by atoms with van der Waals surface area (Å²) in [6, 6.07) is 14.6. The summed E-state index contributed by atoms with van der Waals surface area (Å²) in [6.07, 6.45) is 1.84. The van der Waals surface area contributed by atoms with Crippen LogP contribution in [-0.4, -0.2) is 24.8 Å². The van der Waals surface area contributed by atoms with Crippen LogP contribution in [0.2, 0.25) is 0 Å². The first kappa shape index (κ1) is 16.2. The molecule has 3 rings (SSSR count). The third-order valence-corrected chi connectivity index (χ3v) is 6.64. The summed E-state index contributed by atoms with van der Waals surface area (Å²) in [7, 11) is -8.34. The average Bonchev–Trinajstić information content (AvgIpc) is 2.99. The van der Waals surface area contributed by atoms with Gasteiger partial charge in [0.1, 0.15) is 0 Å². The molecule has 0 aliphatic heterocycles. The van der Waals surface area contributed by atoms with Gasteiger partial charge in [0, 0.05) is 12.4 Å². The maximum atomic E-state index is 12.5. The van der Waals surface area contributed by atoms with Crippen molar-refractivity contribution in [1.82, 2.24) is 7.94 Å². The van der Waals surface area contributed by atoms with Gasteiger partial charge in [-0.05, 0) is 24.3 Å². The monoisotopic (exact) mass is 364 g/mol. The second kappa shape index (κ2) is 5.77. The molecule has 0 bridgehead atoms. The van der Waals surface area contributed by atoms with Gasteiger partial charge in [-0.3, -0.25) is 0 Å². The second-order valence-corrected chi connectivity index (χ2v) is 8.44. The molecule has 0 aliphatic carbocycles. The van der Waals surface area contributed by atoms with Gasteiger partial charge < -0.3 is 0 Å². The van der Waals surface area contributed by atoms with Crippen molar-refractivity contribution >= 4 is 20.0 Å². The minimum atomic E-state index is -4.17. The van der Waals surface area contributed by atoms with Crippen molar-refractivity contribution in [3.63, 3.8) is 0 Å². The predicted octanol–water partition coefficient (Wildman–Crippen LogP) is 1.12. The Morgan fingerprint density at radius 1 is 0.583 bits per heavy atom. The standard InChI is InChI=1S/C15H12N2O5S2/c18-15-16(23(19,20)13-7-3-1-4-8-13)11-12-17(15)24(21,22)14-9-5-2-6-10-14/h1-12H. The summed E-state index contributed by atoms with van der Waals surface area (Å²) < 4.78 is 50.8. The number of hydrogen-bond donors (Lipinski definition) is 0. The van der Waals surface area contributed by atoms with Crippen molar-refractivity contribution < 1.29 is 16.8 Å². The Labute approximate surface area is 138 Å². The smallest absolute Gasteiger partial charge is 0.245 e. The number of aromatic nitrogens is 2. The van der Waals surface area contributed by atoms with E-state index in [1.165, 1.54) is 48.5 Å². The molecule has 1 heterocycles. The van der Waals surface area contributed by atoms with Crippen molar-refractivity contribution in [1.29, 1.82) is 0 Å². The zero-order valence-corrected chi connectivity index (χ0v) is 13.8. The Bertz CT molecular complexity index is 1040. The molecule has 24 heavy (non-hydrogen) atoms. The van der Waals surface area contributed by atoms with Crippen LogP contribution in [0.25, 0.3) is 0 Å². The van der Waals surface area contributed by atoms with Gasteiger partial charge in [-0.15, -0.1) is 0 Å². The van der Waals surface area contributed by atoms with Crippen LogP contribution < -0.4 is 5.69 Å². The molecule has 0 aliphatic rings. The van der Waals surface area contributed by atoms with E-state index in [9.17, 15) is 21.6 Å². The highest BCUT2D eigenvalue weighted by Gasteiger charge is 2.25. The van der Waals surface area contributed by atoms with E-state index in [0.717, 1.165) is 12.4 Å². The Kier molecular flexibility index (Phi) is 3.90. The van der Waals surface area contributed by atoms with Crippen molar-refractivity contribution in [2.45, 2.75) is 9.79 Å².